The average molecular weight is 512 g/mol. The summed E-state index contributed by atoms with van der Waals surface area (Å²) >= 11 is 0. The second-order valence-electron chi connectivity index (χ2n) is 9.47. The molecule has 3 N–H and O–H groups in total. The van der Waals surface area contributed by atoms with E-state index in [1.807, 2.05) is 49.6 Å². The largest absolute Gasteiger partial charge is 0.378 e. The molecular formula is C28H33N9O. The van der Waals surface area contributed by atoms with E-state index in [1.54, 1.807) is 12.4 Å². The Morgan fingerprint density at radius 1 is 1.05 bits per heavy atom. The van der Waals surface area contributed by atoms with Crippen LogP contribution in [0.3, 0.4) is 0 Å². The molecule has 0 bridgehead atoms. The third kappa shape index (κ3) is 5.70. The Labute approximate surface area is 222 Å². The first-order chi connectivity index (χ1) is 18.7. The first kappa shape index (κ1) is 25.5. The minimum atomic E-state index is -0.120. The number of nitrogens with one attached hydrogen (secondary N) is 3. The first-order valence-corrected chi connectivity index (χ1v) is 13.1. The molecule has 2 atom stereocenters. The predicted octanol–water partition coefficient (Wildman–Crippen LogP) is 3.55. The van der Waals surface area contributed by atoms with Gasteiger partial charge in [0.05, 0.1) is 6.54 Å². The van der Waals surface area contributed by atoms with Crippen LogP contribution in [0.15, 0.2) is 61.3 Å². The number of hydrogen-bond acceptors (Lipinski definition) is 8. The van der Waals surface area contributed by atoms with Crippen molar-refractivity contribution in [1.29, 1.82) is 0 Å². The summed E-state index contributed by atoms with van der Waals surface area (Å²) in [7, 11) is 2.01. The average Bonchev–Trinajstić information content (AvgIpc) is 3.62. The summed E-state index contributed by atoms with van der Waals surface area (Å²) in [6, 6.07) is 12.1. The summed E-state index contributed by atoms with van der Waals surface area (Å²) in [5.41, 5.74) is 4.41. The Bertz CT molecular complexity index is 1370. The van der Waals surface area contributed by atoms with Gasteiger partial charge in [0, 0.05) is 48.5 Å². The van der Waals surface area contributed by atoms with E-state index in [4.69, 9.17) is 0 Å². The zero-order chi connectivity index (χ0) is 26.3. The number of rotatable bonds is 10. The highest BCUT2D eigenvalue weighted by molar-refractivity contribution is 5.95. The quantitative estimate of drug-likeness (QED) is 0.295. The molecule has 1 aliphatic carbocycles. The molecule has 3 aromatic heterocycles. The van der Waals surface area contributed by atoms with Gasteiger partial charge in [0.25, 0.3) is 5.91 Å². The molecule has 5 rings (SSSR count). The minimum Gasteiger partial charge on any atom is -0.378 e. The molecule has 1 aromatic carbocycles. The first-order valence-electron chi connectivity index (χ1n) is 13.1. The van der Waals surface area contributed by atoms with Crippen molar-refractivity contribution in [1.82, 2.24) is 40.3 Å². The number of hydrogen-bond donors (Lipinski definition) is 3. The SMILES string of the molecule is CCc1cnccc1CNC(=O)c1cccc(NCc2nnc(-c3ccncn3)n2[C@H]2CC[C@H](NC)C2)c1. The second kappa shape index (κ2) is 11.9. The highest BCUT2D eigenvalue weighted by atomic mass is 16.1. The molecule has 10 nitrogen and oxygen atoms in total. The standard InChI is InChI=1S/C28H33N9O/c1-3-19-15-30-11-9-21(19)16-33-28(38)20-5-4-6-23(13-20)32-17-26-35-36-27(25-10-12-31-18-34-25)37(26)24-8-7-22(14-24)29-2/h4-6,9-13,15,18,22,24,29,32H,3,7-8,14,16-17H2,1-2H3,(H,33,38)/t22-,24-/m0/s1. The zero-order valence-electron chi connectivity index (χ0n) is 21.8. The van der Waals surface area contributed by atoms with Gasteiger partial charge in [-0.3, -0.25) is 9.78 Å². The molecule has 1 amide bonds. The molecule has 1 aliphatic rings. The van der Waals surface area contributed by atoms with E-state index in [-0.39, 0.29) is 11.9 Å². The molecular weight excluding hydrogens is 478 g/mol. The van der Waals surface area contributed by atoms with E-state index in [0.717, 1.165) is 59.8 Å². The van der Waals surface area contributed by atoms with Gasteiger partial charge < -0.3 is 20.5 Å². The topological polar surface area (TPSA) is 123 Å². The van der Waals surface area contributed by atoms with Crippen LogP contribution in [0, 0.1) is 0 Å². The molecule has 0 aliphatic heterocycles. The number of nitrogens with zero attached hydrogens (tertiary/aromatic N) is 6. The Balaban J connectivity index is 1.30. The fourth-order valence-corrected chi connectivity index (χ4v) is 5.06. The van der Waals surface area contributed by atoms with Crippen LogP contribution in [-0.4, -0.2) is 48.7 Å². The van der Waals surface area contributed by atoms with Crippen LogP contribution < -0.4 is 16.0 Å². The van der Waals surface area contributed by atoms with Gasteiger partial charge in [0.2, 0.25) is 0 Å². The van der Waals surface area contributed by atoms with Gasteiger partial charge in [0.1, 0.15) is 12.0 Å². The number of carbonyl (C=O) groups excluding carboxylic acids is 1. The Hall–Kier alpha value is -4.18. The maximum atomic E-state index is 12.9. The molecule has 196 valence electrons. The van der Waals surface area contributed by atoms with Crippen molar-refractivity contribution >= 4 is 11.6 Å². The maximum absolute atomic E-state index is 12.9. The van der Waals surface area contributed by atoms with Gasteiger partial charge in [-0.25, -0.2) is 9.97 Å². The van der Waals surface area contributed by atoms with Gasteiger partial charge in [0.15, 0.2) is 11.6 Å². The van der Waals surface area contributed by atoms with Crippen LogP contribution in [0.4, 0.5) is 5.69 Å². The lowest BCUT2D eigenvalue weighted by molar-refractivity contribution is 0.0951. The summed E-state index contributed by atoms with van der Waals surface area (Å²) in [6.45, 7) is 3.02. The van der Waals surface area contributed by atoms with E-state index < -0.39 is 0 Å². The Morgan fingerprint density at radius 2 is 1.95 bits per heavy atom. The second-order valence-corrected chi connectivity index (χ2v) is 9.47. The van der Waals surface area contributed by atoms with E-state index >= 15 is 0 Å². The van der Waals surface area contributed by atoms with E-state index in [0.29, 0.717) is 24.7 Å². The highest BCUT2D eigenvalue weighted by Crippen LogP contribution is 2.34. The molecule has 3 heterocycles. The number of anilines is 1. The molecule has 0 spiro atoms. The summed E-state index contributed by atoms with van der Waals surface area (Å²) in [5, 5.41) is 18.9. The van der Waals surface area contributed by atoms with Gasteiger partial charge >= 0.3 is 0 Å². The van der Waals surface area contributed by atoms with Crippen molar-refractivity contribution in [2.75, 3.05) is 12.4 Å². The third-order valence-electron chi connectivity index (χ3n) is 7.16. The molecule has 0 saturated heterocycles. The number of aromatic nitrogens is 6. The minimum absolute atomic E-state index is 0.120. The summed E-state index contributed by atoms with van der Waals surface area (Å²) in [4.78, 5) is 25.5. The maximum Gasteiger partial charge on any atom is 0.251 e. The lowest BCUT2D eigenvalue weighted by Gasteiger charge is -2.18. The van der Waals surface area contributed by atoms with Gasteiger partial charge in [-0.2, -0.15) is 0 Å². The highest BCUT2D eigenvalue weighted by Gasteiger charge is 2.29. The van der Waals surface area contributed by atoms with Crippen molar-refractivity contribution in [3.8, 4) is 11.5 Å². The van der Waals surface area contributed by atoms with Gasteiger partial charge in [-0.1, -0.05) is 13.0 Å². The number of aryl methyl sites for hydroxylation is 1. The van der Waals surface area contributed by atoms with Crippen molar-refractivity contribution in [3.05, 3.63) is 83.8 Å². The van der Waals surface area contributed by atoms with Gasteiger partial charge in [-0.05, 0) is 74.2 Å². The molecule has 4 aromatic rings. The monoisotopic (exact) mass is 511 g/mol. The summed E-state index contributed by atoms with van der Waals surface area (Å²) in [5.74, 6) is 1.47. The van der Waals surface area contributed by atoms with Crippen LogP contribution in [-0.2, 0) is 19.5 Å². The lowest BCUT2D eigenvalue weighted by atomic mass is 10.1. The molecule has 1 saturated carbocycles. The van der Waals surface area contributed by atoms with Crippen molar-refractivity contribution in [2.45, 2.75) is 57.8 Å². The molecule has 1 fully saturated rings. The number of pyridine rings is 1. The number of benzene rings is 1. The smallest absolute Gasteiger partial charge is 0.251 e. The van der Waals surface area contributed by atoms with Crippen LogP contribution in [0.25, 0.3) is 11.5 Å². The fraction of sp³-hybridized carbons (Fsp3) is 0.357. The molecule has 0 radical (unpaired) electrons. The van der Waals surface area contributed by atoms with Crippen molar-refractivity contribution in [2.24, 2.45) is 0 Å². The normalized spacial score (nSPS) is 16.9. The lowest BCUT2D eigenvalue weighted by Crippen LogP contribution is -2.23. The third-order valence-corrected chi connectivity index (χ3v) is 7.16. The summed E-state index contributed by atoms with van der Waals surface area (Å²) < 4.78 is 2.21. The number of carbonyl (C=O) groups is 1. The molecule has 10 heteroatoms. The zero-order valence-corrected chi connectivity index (χ0v) is 21.8. The van der Waals surface area contributed by atoms with Crippen LogP contribution in [0.2, 0.25) is 0 Å². The van der Waals surface area contributed by atoms with Crippen LogP contribution in [0.5, 0.6) is 0 Å². The van der Waals surface area contributed by atoms with Crippen molar-refractivity contribution < 1.29 is 4.79 Å². The van der Waals surface area contributed by atoms with Crippen LogP contribution >= 0.6 is 0 Å². The molecule has 38 heavy (non-hydrogen) atoms. The summed E-state index contributed by atoms with van der Waals surface area (Å²) in [6.07, 6.45) is 10.9. The fourth-order valence-electron chi connectivity index (χ4n) is 5.06. The van der Waals surface area contributed by atoms with E-state index in [1.165, 1.54) is 6.33 Å². The Kier molecular flexibility index (Phi) is 7.98. The van der Waals surface area contributed by atoms with E-state index in [2.05, 4.69) is 52.6 Å². The van der Waals surface area contributed by atoms with Crippen molar-refractivity contribution in [3.63, 3.8) is 0 Å². The van der Waals surface area contributed by atoms with Crippen LogP contribution in [0.1, 0.15) is 59.5 Å². The van der Waals surface area contributed by atoms with E-state index in [9.17, 15) is 4.79 Å². The predicted molar refractivity (Wildman–Crippen MR) is 145 cm³/mol. The molecule has 0 unspecified atom stereocenters. The number of amides is 1. The van der Waals surface area contributed by atoms with Gasteiger partial charge in [-0.15, -0.1) is 10.2 Å². The Morgan fingerprint density at radius 3 is 2.74 bits per heavy atom.